The van der Waals surface area contributed by atoms with Crippen molar-refractivity contribution in [3.8, 4) is 5.75 Å². The molecule has 0 spiro atoms. The van der Waals surface area contributed by atoms with E-state index in [0.29, 0.717) is 19.5 Å². The van der Waals surface area contributed by atoms with Crippen LogP contribution in [0.5, 0.6) is 5.75 Å². The minimum atomic E-state index is -4.15. The standard InChI is InChI=1S/C19H30F3N5O.HI/c1-23-18(24-8-5-9-25(2)15-19(20,21)22)27-12-10-26(11-13-27)16-6-4-7-17(14-16)28-3;/h4,6-7,14H,5,8-13,15H2,1-3H3,(H,23,24);1H. The van der Waals surface area contributed by atoms with Gasteiger partial charge in [-0.1, -0.05) is 6.07 Å². The Labute approximate surface area is 188 Å². The predicted molar refractivity (Wildman–Crippen MR) is 122 cm³/mol. The number of nitrogens with one attached hydrogen (secondary N) is 1. The molecule has 166 valence electrons. The highest BCUT2D eigenvalue weighted by Crippen LogP contribution is 2.22. The number of halogens is 4. The first-order valence-electron chi connectivity index (χ1n) is 9.42. The Bertz CT molecular complexity index is 637. The Morgan fingerprint density at radius 1 is 1.24 bits per heavy atom. The monoisotopic (exact) mass is 529 g/mol. The summed E-state index contributed by atoms with van der Waals surface area (Å²) >= 11 is 0. The zero-order valence-corrected chi connectivity index (χ0v) is 19.5. The van der Waals surface area contributed by atoms with Gasteiger partial charge in [0.05, 0.1) is 13.7 Å². The van der Waals surface area contributed by atoms with E-state index in [1.54, 1.807) is 14.2 Å². The largest absolute Gasteiger partial charge is 0.497 e. The van der Waals surface area contributed by atoms with Crippen LogP contribution in [0, 0.1) is 0 Å². The van der Waals surface area contributed by atoms with Gasteiger partial charge in [0, 0.05) is 51.5 Å². The average Bonchev–Trinajstić information content (AvgIpc) is 2.67. The van der Waals surface area contributed by atoms with Crippen LogP contribution in [0.15, 0.2) is 29.3 Å². The van der Waals surface area contributed by atoms with Gasteiger partial charge < -0.3 is 19.9 Å². The summed E-state index contributed by atoms with van der Waals surface area (Å²) < 4.78 is 42.3. The van der Waals surface area contributed by atoms with Crippen molar-refractivity contribution >= 4 is 35.6 Å². The predicted octanol–water partition coefficient (Wildman–Crippen LogP) is 2.89. The maximum Gasteiger partial charge on any atom is 0.401 e. The number of aliphatic imine (C=N–C) groups is 1. The summed E-state index contributed by atoms with van der Waals surface area (Å²) in [6, 6.07) is 8.01. The zero-order chi connectivity index (χ0) is 20.6. The van der Waals surface area contributed by atoms with Crippen molar-refractivity contribution in [2.24, 2.45) is 4.99 Å². The third kappa shape index (κ3) is 8.85. The van der Waals surface area contributed by atoms with Crippen molar-refractivity contribution in [2.45, 2.75) is 12.6 Å². The summed E-state index contributed by atoms with van der Waals surface area (Å²) in [4.78, 5) is 10.1. The van der Waals surface area contributed by atoms with E-state index in [4.69, 9.17) is 4.74 Å². The van der Waals surface area contributed by atoms with Crippen LogP contribution < -0.4 is 15.0 Å². The van der Waals surface area contributed by atoms with Gasteiger partial charge in [0.2, 0.25) is 0 Å². The normalized spacial score (nSPS) is 15.3. The second-order valence-electron chi connectivity index (χ2n) is 6.86. The lowest BCUT2D eigenvalue weighted by molar-refractivity contribution is -0.143. The van der Waals surface area contributed by atoms with Crippen LogP contribution in [0.25, 0.3) is 0 Å². The molecule has 1 aliphatic rings. The molecule has 0 amide bonds. The summed E-state index contributed by atoms with van der Waals surface area (Å²) in [5.74, 6) is 1.64. The molecule has 1 heterocycles. The molecular weight excluding hydrogens is 498 g/mol. The summed E-state index contributed by atoms with van der Waals surface area (Å²) in [7, 11) is 4.88. The fourth-order valence-corrected chi connectivity index (χ4v) is 3.25. The highest BCUT2D eigenvalue weighted by molar-refractivity contribution is 14.0. The van der Waals surface area contributed by atoms with Gasteiger partial charge in [-0.2, -0.15) is 13.2 Å². The smallest absolute Gasteiger partial charge is 0.401 e. The van der Waals surface area contributed by atoms with E-state index >= 15 is 0 Å². The molecule has 1 saturated heterocycles. The van der Waals surface area contributed by atoms with Gasteiger partial charge in [0.15, 0.2) is 5.96 Å². The fourth-order valence-electron chi connectivity index (χ4n) is 3.25. The van der Waals surface area contributed by atoms with E-state index in [0.717, 1.165) is 43.6 Å². The molecule has 0 bridgehead atoms. The molecule has 1 aromatic rings. The molecule has 2 rings (SSSR count). The van der Waals surface area contributed by atoms with Crippen molar-refractivity contribution in [1.29, 1.82) is 0 Å². The number of anilines is 1. The van der Waals surface area contributed by atoms with Crippen molar-refractivity contribution in [3.05, 3.63) is 24.3 Å². The Balaban J connectivity index is 0.00000420. The molecule has 29 heavy (non-hydrogen) atoms. The first-order valence-corrected chi connectivity index (χ1v) is 9.42. The lowest BCUT2D eigenvalue weighted by Crippen LogP contribution is -2.52. The van der Waals surface area contributed by atoms with Crippen LogP contribution in [0.2, 0.25) is 0 Å². The minimum Gasteiger partial charge on any atom is -0.497 e. The van der Waals surface area contributed by atoms with E-state index in [-0.39, 0.29) is 24.0 Å². The molecule has 0 aromatic heterocycles. The number of benzene rings is 1. The number of rotatable bonds is 7. The summed E-state index contributed by atoms with van der Waals surface area (Å²) in [6.07, 6.45) is -3.53. The first-order chi connectivity index (χ1) is 13.3. The molecule has 0 unspecified atom stereocenters. The third-order valence-corrected chi connectivity index (χ3v) is 4.66. The van der Waals surface area contributed by atoms with Crippen molar-refractivity contribution in [3.63, 3.8) is 0 Å². The molecule has 1 aliphatic heterocycles. The van der Waals surface area contributed by atoms with Crippen LogP contribution in [0.3, 0.4) is 0 Å². The molecule has 0 aliphatic carbocycles. The molecular formula is C19H31F3IN5O. The van der Waals surface area contributed by atoms with E-state index < -0.39 is 12.7 Å². The minimum absolute atomic E-state index is 0. The van der Waals surface area contributed by atoms with Crippen LogP contribution in [-0.4, -0.2) is 89.0 Å². The second kappa shape index (κ2) is 12.3. The Morgan fingerprint density at radius 2 is 1.93 bits per heavy atom. The molecule has 1 fully saturated rings. The topological polar surface area (TPSA) is 43.3 Å². The fraction of sp³-hybridized carbons (Fsp3) is 0.632. The lowest BCUT2D eigenvalue weighted by Gasteiger charge is -2.37. The number of hydrogen-bond acceptors (Lipinski definition) is 4. The van der Waals surface area contributed by atoms with E-state index in [9.17, 15) is 13.2 Å². The average molecular weight is 529 g/mol. The van der Waals surface area contributed by atoms with Gasteiger partial charge in [-0.25, -0.2) is 0 Å². The number of piperazine rings is 1. The second-order valence-corrected chi connectivity index (χ2v) is 6.86. The van der Waals surface area contributed by atoms with Crippen LogP contribution in [0.1, 0.15) is 6.42 Å². The molecule has 0 radical (unpaired) electrons. The number of alkyl halides is 3. The number of ether oxygens (including phenoxy) is 1. The van der Waals surface area contributed by atoms with Crippen LogP contribution >= 0.6 is 24.0 Å². The van der Waals surface area contributed by atoms with E-state index in [1.807, 2.05) is 18.2 Å². The van der Waals surface area contributed by atoms with Crippen molar-refractivity contribution < 1.29 is 17.9 Å². The zero-order valence-electron chi connectivity index (χ0n) is 17.2. The van der Waals surface area contributed by atoms with Gasteiger partial charge in [-0.05, 0) is 32.1 Å². The summed E-state index contributed by atoms with van der Waals surface area (Å²) in [6.45, 7) is 3.46. The lowest BCUT2D eigenvalue weighted by atomic mass is 10.2. The number of guanidine groups is 1. The van der Waals surface area contributed by atoms with Crippen molar-refractivity contribution in [1.82, 2.24) is 15.1 Å². The number of hydrogen-bond donors (Lipinski definition) is 1. The molecule has 0 atom stereocenters. The molecule has 10 heteroatoms. The maximum absolute atomic E-state index is 12.3. The van der Waals surface area contributed by atoms with Crippen LogP contribution in [-0.2, 0) is 0 Å². The maximum atomic E-state index is 12.3. The van der Waals surface area contributed by atoms with Gasteiger partial charge in [-0.15, -0.1) is 24.0 Å². The Morgan fingerprint density at radius 3 is 2.52 bits per heavy atom. The number of nitrogens with zero attached hydrogens (tertiary/aromatic N) is 4. The van der Waals surface area contributed by atoms with Gasteiger partial charge in [0.1, 0.15) is 5.75 Å². The summed E-state index contributed by atoms with van der Waals surface area (Å²) in [5.41, 5.74) is 1.13. The van der Waals surface area contributed by atoms with E-state index in [1.165, 1.54) is 11.9 Å². The molecule has 6 nitrogen and oxygen atoms in total. The highest BCUT2D eigenvalue weighted by Gasteiger charge is 2.28. The van der Waals surface area contributed by atoms with Crippen LogP contribution in [0.4, 0.5) is 18.9 Å². The molecule has 0 saturated carbocycles. The quantitative estimate of drug-likeness (QED) is 0.255. The number of methoxy groups -OCH3 is 1. The molecule has 1 aromatic carbocycles. The first kappa shape index (κ1) is 25.6. The van der Waals surface area contributed by atoms with Gasteiger partial charge in [0.25, 0.3) is 0 Å². The van der Waals surface area contributed by atoms with Crippen molar-refractivity contribution in [2.75, 3.05) is 71.9 Å². The van der Waals surface area contributed by atoms with Gasteiger partial charge >= 0.3 is 6.18 Å². The van der Waals surface area contributed by atoms with E-state index in [2.05, 4.69) is 26.2 Å². The highest BCUT2D eigenvalue weighted by atomic mass is 127. The van der Waals surface area contributed by atoms with Gasteiger partial charge in [-0.3, -0.25) is 9.89 Å². The Kier molecular flexibility index (Phi) is 10.9. The SMILES string of the molecule is CN=C(NCCCN(C)CC(F)(F)F)N1CCN(c2cccc(OC)c2)CC1.I. The third-order valence-electron chi connectivity index (χ3n) is 4.66. The summed E-state index contributed by atoms with van der Waals surface area (Å²) in [5, 5.41) is 3.26. The Hall–Kier alpha value is -1.43. The molecule has 1 N–H and O–H groups in total.